The Hall–Kier alpha value is -2.08. The number of amides is 1. The summed E-state index contributed by atoms with van der Waals surface area (Å²) in [6.45, 7) is 1.95. The van der Waals surface area contributed by atoms with Gasteiger partial charge in [0.2, 0.25) is 5.88 Å². The van der Waals surface area contributed by atoms with E-state index in [2.05, 4.69) is 15.3 Å². The topological polar surface area (TPSA) is 64.1 Å². The highest BCUT2D eigenvalue weighted by molar-refractivity contribution is 7.99. The third kappa shape index (κ3) is 3.76. The van der Waals surface area contributed by atoms with E-state index in [1.165, 1.54) is 6.20 Å². The highest BCUT2D eigenvalue weighted by atomic mass is 32.2. The first-order chi connectivity index (χ1) is 10.7. The lowest BCUT2D eigenvalue weighted by atomic mass is 10.2. The molecule has 0 spiro atoms. The highest BCUT2D eigenvalue weighted by Gasteiger charge is 2.17. The fraction of sp³-hybridized carbons (Fsp3) is 0.312. The van der Waals surface area contributed by atoms with E-state index < -0.39 is 0 Å². The van der Waals surface area contributed by atoms with E-state index in [0.717, 1.165) is 23.5 Å². The maximum Gasteiger partial charge on any atom is 0.258 e. The van der Waals surface area contributed by atoms with Crippen molar-refractivity contribution < 1.29 is 9.53 Å². The van der Waals surface area contributed by atoms with E-state index in [4.69, 9.17) is 4.74 Å². The van der Waals surface area contributed by atoms with Crippen LogP contribution in [0.15, 0.2) is 36.7 Å². The quantitative estimate of drug-likeness (QED) is 0.940. The second-order valence-electron chi connectivity index (χ2n) is 5.16. The van der Waals surface area contributed by atoms with Gasteiger partial charge in [-0.15, -0.1) is 0 Å². The van der Waals surface area contributed by atoms with Gasteiger partial charge in [0.1, 0.15) is 11.9 Å². The first kappa shape index (κ1) is 14.8. The minimum Gasteiger partial charge on any atom is -0.473 e. The number of nitrogens with one attached hydrogen (secondary N) is 1. The van der Waals surface area contributed by atoms with E-state index in [1.54, 1.807) is 18.3 Å². The molecule has 0 aromatic carbocycles. The predicted octanol–water partition coefficient (Wildman–Crippen LogP) is 2.92. The molecule has 1 aliphatic rings. The molecule has 1 unspecified atom stereocenters. The zero-order valence-electron chi connectivity index (χ0n) is 12.3. The number of hydrogen-bond donors (Lipinski definition) is 1. The number of ether oxygens (including phenoxy) is 1. The Morgan fingerprint density at radius 3 is 2.95 bits per heavy atom. The summed E-state index contributed by atoms with van der Waals surface area (Å²) < 4.78 is 5.77. The summed E-state index contributed by atoms with van der Waals surface area (Å²) >= 11 is 1.89. The van der Waals surface area contributed by atoms with Crippen LogP contribution in [0, 0.1) is 6.92 Å². The maximum atomic E-state index is 12.1. The fourth-order valence-corrected chi connectivity index (χ4v) is 3.25. The van der Waals surface area contributed by atoms with Crippen LogP contribution in [-0.4, -0.2) is 33.5 Å². The first-order valence-corrected chi connectivity index (χ1v) is 8.30. The van der Waals surface area contributed by atoms with Crippen LogP contribution in [0.3, 0.4) is 0 Å². The average molecular weight is 315 g/mol. The lowest BCUT2D eigenvalue weighted by Crippen LogP contribution is -2.16. The Kier molecular flexibility index (Phi) is 4.58. The zero-order valence-corrected chi connectivity index (χ0v) is 13.1. The van der Waals surface area contributed by atoms with Crippen molar-refractivity contribution in [1.29, 1.82) is 0 Å². The number of pyridine rings is 2. The molecular formula is C16H17N3O2S. The Labute approximate surface area is 133 Å². The molecule has 6 heteroatoms. The highest BCUT2D eigenvalue weighted by Crippen LogP contribution is 2.22. The molecule has 1 aliphatic heterocycles. The summed E-state index contributed by atoms with van der Waals surface area (Å²) in [7, 11) is 0. The Balaban J connectivity index is 1.63. The van der Waals surface area contributed by atoms with Crippen molar-refractivity contribution in [3.8, 4) is 5.88 Å². The van der Waals surface area contributed by atoms with E-state index >= 15 is 0 Å². The lowest BCUT2D eigenvalue weighted by Gasteiger charge is -2.11. The van der Waals surface area contributed by atoms with Crippen LogP contribution < -0.4 is 10.1 Å². The molecule has 1 atom stereocenters. The predicted molar refractivity (Wildman–Crippen MR) is 87.5 cm³/mol. The van der Waals surface area contributed by atoms with Gasteiger partial charge in [-0.1, -0.05) is 0 Å². The number of carbonyl (C=O) groups is 1. The van der Waals surface area contributed by atoms with Crippen LogP contribution in [0.4, 0.5) is 5.82 Å². The molecule has 1 N–H and O–H groups in total. The van der Waals surface area contributed by atoms with Crippen molar-refractivity contribution in [1.82, 2.24) is 9.97 Å². The van der Waals surface area contributed by atoms with Gasteiger partial charge in [0.25, 0.3) is 5.91 Å². The van der Waals surface area contributed by atoms with Crippen molar-refractivity contribution in [3.05, 3.63) is 47.8 Å². The smallest absolute Gasteiger partial charge is 0.258 e. The van der Waals surface area contributed by atoms with E-state index in [1.807, 2.05) is 30.8 Å². The molecule has 0 aliphatic carbocycles. The van der Waals surface area contributed by atoms with Gasteiger partial charge in [0.15, 0.2) is 0 Å². The number of aromatic nitrogens is 2. The van der Waals surface area contributed by atoms with Crippen LogP contribution >= 0.6 is 11.8 Å². The molecular weight excluding hydrogens is 298 g/mol. The molecule has 5 nitrogen and oxygen atoms in total. The Bertz CT molecular complexity index is 655. The molecule has 1 saturated heterocycles. The molecule has 2 aromatic rings. The zero-order chi connectivity index (χ0) is 15.4. The third-order valence-electron chi connectivity index (χ3n) is 3.33. The van der Waals surface area contributed by atoms with Gasteiger partial charge in [-0.3, -0.25) is 4.79 Å². The summed E-state index contributed by atoms with van der Waals surface area (Å²) in [6.07, 6.45) is 4.48. The van der Waals surface area contributed by atoms with Gasteiger partial charge in [0.05, 0.1) is 5.56 Å². The number of rotatable bonds is 4. The minimum atomic E-state index is -0.228. The number of thioether (sulfide) groups is 1. The number of anilines is 1. The van der Waals surface area contributed by atoms with Crippen LogP contribution in [0.5, 0.6) is 5.88 Å². The molecule has 0 bridgehead atoms. The van der Waals surface area contributed by atoms with Gasteiger partial charge in [-0.25, -0.2) is 9.97 Å². The summed E-state index contributed by atoms with van der Waals surface area (Å²) in [4.78, 5) is 20.5. The van der Waals surface area contributed by atoms with Crippen molar-refractivity contribution in [2.24, 2.45) is 0 Å². The SMILES string of the molecule is Cc1ccnc(NC(=O)c2ccc(OC3CCSC3)nc2)c1. The van der Waals surface area contributed by atoms with Crippen LogP contribution in [0.1, 0.15) is 22.3 Å². The number of carbonyl (C=O) groups excluding carboxylic acids is 1. The molecule has 3 rings (SSSR count). The Morgan fingerprint density at radius 2 is 2.27 bits per heavy atom. The van der Waals surface area contributed by atoms with Crippen molar-refractivity contribution in [2.75, 3.05) is 16.8 Å². The van der Waals surface area contributed by atoms with E-state index in [9.17, 15) is 4.79 Å². The largest absolute Gasteiger partial charge is 0.473 e. The monoisotopic (exact) mass is 315 g/mol. The van der Waals surface area contributed by atoms with E-state index in [-0.39, 0.29) is 12.0 Å². The van der Waals surface area contributed by atoms with Crippen LogP contribution in [0.2, 0.25) is 0 Å². The van der Waals surface area contributed by atoms with Gasteiger partial charge in [-0.05, 0) is 42.9 Å². The summed E-state index contributed by atoms with van der Waals surface area (Å²) in [6, 6.07) is 7.16. The normalized spacial score (nSPS) is 17.2. The standard InChI is InChI=1S/C16H17N3O2S/c1-11-4-6-17-14(8-11)19-16(20)12-2-3-15(18-9-12)21-13-5-7-22-10-13/h2-4,6,8-9,13H,5,7,10H2,1H3,(H,17,19,20). The molecule has 1 amide bonds. The first-order valence-electron chi connectivity index (χ1n) is 7.15. The molecule has 1 fully saturated rings. The van der Waals surface area contributed by atoms with Crippen LogP contribution in [-0.2, 0) is 0 Å². The van der Waals surface area contributed by atoms with Gasteiger partial charge < -0.3 is 10.1 Å². The fourth-order valence-electron chi connectivity index (χ4n) is 2.15. The van der Waals surface area contributed by atoms with Crippen molar-refractivity contribution in [3.63, 3.8) is 0 Å². The summed E-state index contributed by atoms with van der Waals surface area (Å²) in [5.41, 5.74) is 1.53. The summed E-state index contributed by atoms with van der Waals surface area (Å²) in [5.74, 6) is 3.01. The van der Waals surface area contributed by atoms with E-state index in [0.29, 0.717) is 17.3 Å². The summed E-state index contributed by atoms with van der Waals surface area (Å²) in [5, 5.41) is 2.76. The minimum absolute atomic E-state index is 0.228. The number of nitrogens with zero attached hydrogens (tertiary/aromatic N) is 2. The lowest BCUT2D eigenvalue weighted by molar-refractivity contribution is 0.102. The van der Waals surface area contributed by atoms with Crippen LogP contribution in [0.25, 0.3) is 0 Å². The Morgan fingerprint density at radius 1 is 1.36 bits per heavy atom. The molecule has 2 aromatic heterocycles. The number of aryl methyl sites for hydroxylation is 1. The third-order valence-corrected chi connectivity index (χ3v) is 4.46. The van der Waals surface area contributed by atoms with Gasteiger partial charge in [0, 0.05) is 24.2 Å². The van der Waals surface area contributed by atoms with Crippen molar-refractivity contribution in [2.45, 2.75) is 19.4 Å². The molecule has 3 heterocycles. The molecule has 0 radical (unpaired) electrons. The maximum absolute atomic E-state index is 12.1. The second-order valence-corrected chi connectivity index (χ2v) is 6.31. The molecule has 0 saturated carbocycles. The van der Waals surface area contributed by atoms with Gasteiger partial charge in [-0.2, -0.15) is 11.8 Å². The second kappa shape index (κ2) is 6.79. The number of hydrogen-bond acceptors (Lipinski definition) is 5. The molecule has 22 heavy (non-hydrogen) atoms. The average Bonchev–Trinajstić information content (AvgIpc) is 3.01. The van der Waals surface area contributed by atoms with Crippen molar-refractivity contribution >= 4 is 23.5 Å². The molecule has 114 valence electrons. The van der Waals surface area contributed by atoms with Gasteiger partial charge >= 0.3 is 0 Å².